The van der Waals surface area contributed by atoms with Gasteiger partial charge in [0.25, 0.3) is 0 Å². The van der Waals surface area contributed by atoms with Crippen LogP contribution in [0.25, 0.3) is 0 Å². The van der Waals surface area contributed by atoms with Crippen LogP contribution in [0.15, 0.2) is 12.2 Å². The molecule has 0 aliphatic carbocycles. The molecule has 0 aromatic carbocycles. The molecule has 0 amide bonds. The Kier molecular flexibility index (Phi) is 3.13. The third-order valence-electron chi connectivity index (χ3n) is 1.46. The Morgan fingerprint density at radius 3 is 1.90 bits per heavy atom. The molecule has 0 heterocycles. The summed E-state index contributed by atoms with van der Waals surface area (Å²) in [6, 6.07) is 0. The monoisotopic (exact) mass is 142 g/mol. The average Bonchev–Trinajstić information content (AvgIpc) is 1.59. The predicted molar refractivity (Wildman–Crippen MR) is 40.8 cm³/mol. The van der Waals surface area contributed by atoms with Crippen molar-refractivity contribution in [1.82, 2.24) is 0 Å². The van der Waals surface area contributed by atoms with Gasteiger partial charge in [-0.2, -0.15) is 0 Å². The lowest BCUT2D eigenvalue weighted by atomic mass is 9.90. The van der Waals surface area contributed by atoms with Crippen LogP contribution < -0.4 is 0 Å². The number of carboxylic acid groups (broad SMARTS) is 1. The van der Waals surface area contributed by atoms with Gasteiger partial charge in [-0.05, 0) is 12.8 Å². The topological polar surface area (TPSA) is 37.3 Å². The van der Waals surface area contributed by atoms with E-state index in [1.807, 2.05) is 13.8 Å². The van der Waals surface area contributed by atoms with Gasteiger partial charge in [-0.15, -0.1) is 0 Å². The molecule has 0 spiro atoms. The van der Waals surface area contributed by atoms with Gasteiger partial charge in [-0.1, -0.05) is 26.0 Å². The normalized spacial score (nSPS) is 13.2. The first-order chi connectivity index (χ1) is 4.46. The standard InChI is InChI=1S/C8H14O2/c1-5(2)7(6(3)4)8(9)10/h6-7H,1H2,2-4H3,(H,9,10)/t7-/m0/s1. The molecule has 0 saturated carbocycles. The maximum atomic E-state index is 10.5. The lowest BCUT2D eigenvalue weighted by Crippen LogP contribution is -2.20. The molecule has 0 fully saturated rings. The molecule has 0 aromatic rings. The highest BCUT2D eigenvalue weighted by molar-refractivity contribution is 5.73. The number of hydrogen-bond acceptors (Lipinski definition) is 1. The van der Waals surface area contributed by atoms with Crippen molar-refractivity contribution in [2.75, 3.05) is 0 Å². The van der Waals surface area contributed by atoms with Gasteiger partial charge in [0.1, 0.15) is 0 Å². The van der Waals surface area contributed by atoms with Gasteiger partial charge in [0.15, 0.2) is 0 Å². The number of rotatable bonds is 3. The number of aliphatic carboxylic acids is 1. The fourth-order valence-electron chi connectivity index (χ4n) is 1.06. The van der Waals surface area contributed by atoms with Crippen molar-refractivity contribution in [2.24, 2.45) is 11.8 Å². The van der Waals surface area contributed by atoms with E-state index in [2.05, 4.69) is 6.58 Å². The summed E-state index contributed by atoms with van der Waals surface area (Å²) in [4.78, 5) is 10.5. The van der Waals surface area contributed by atoms with Crippen LogP contribution in [0.1, 0.15) is 20.8 Å². The molecule has 0 aromatic heterocycles. The van der Waals surface area contributed by atoms with Gasteiger partial charge < -0.3 is 5.11 Å². The minimum absolute atomic E-state index is 0.134. The van der Waals surface area contributed by atoms with Crippen LogP contribution in [0, 0.1) is 11.8 Å². The zero-order chi connectivity index (χ0) is 8.31. The van der Waals surface area contributed by atoms with E-state index in [1.165, 1.54) is 0 Å². The number of carboxylic acids is 1. The van der Waals surface area contributed by atoms with E-state index >= 15 is 0 Å². The van der Waals surface area contributed by atoms with Gasteiger partial charge in [0.2, 0.25) is 0 Å². The van der Waals surface area contributed by atoms with Crippen LogP contribution in [0.4, 0.5) is 0 Å². The van der Waals surface area contributed by atoms with E-state index in [1.54, 1.807) is 6.92 Å². The number of carbonyl (C=O) groups is 1. The first kappa shape index (κ1) is 9.21. The Balaban J connectivity index is 4.27. The fraction of sp³-hybridized carbons (Fsp3) is 0.625. The molecule has 2 heteroatoms. The summed E-state index contributed by atoms with van der Waals surface area (Å²) in [5, 5.41) is 8.65. The SMILES string of the molecule is C=C(C)[C@H](C(=O)O)C(C)C. The molecule has 0 unspecified atom stereocenters. The van der Waals surface area contributed by atoms with E-state index in [-0.39, 0.29) is 11.8 Å². The van der Waals surface area contributed by atoms with E-state index < -0.39 is 5.97 Å². The van der Waals surface area contributed by atoms with Crippen LogP contribution in [0.2, 0.25) is 0 Å². The van der Waals surface area contributed by atoms with Crippen molar-refractivity contribution in [2.45, 2.75) is 20.8 Å². The molecule has 0 bridgehead atoms. The second-order valence-electron chi connectivity index (χ2n) is 2.91. The van der Waals surface area contributed by atoms with Crippen LogP contribution in [-0.2, 0) is 4.79 Å². The van der Waals surface area contributed by atoms with E-state index in [0.29, 0.717) is 0 Å². The van der Waals surface area contributed by atoms with E-state index in [4.69, 9.17) is 5.11 Å². The van der Waals surface area contributed by atoms with Crippen molar-refractivity contribution >= 4 is 5.97 Å². The van der Waals surface area contributed by atoms with Gasteiger partial charge in [0.05, 0.1) is 5.92 Å². The quantitative estimate of drug-likeness (QED) is 0.611. The van der Waals surface area contributed by atoms with E-state index in [9.17, 15) is 4.79 Å². The van der Waals surface area contributed by atoms with Crippen LogP contribution >= 0.6 is 0 Å². The average molecular weight is 142 g/mol. The summed E-state index contributed by atoms with van der Waals surface area (Å²) < 4.78 is 0. The Morgan fingerprint density at radius 1 is 1.50 bits per heavy atom. The Hall–Kier alpha value is -0.790. The molecule has 0 rings (SSSR count). The summed E-state index contributed by atoms with van der Waals surface area (Å²) in [7, 11) is 0. The third kappa shape index (κ3) is 2.21. The zero-order valence-corrected chi connectivity index (χ0v) is 6.72. The molecule has 0 radical (unpaired) electrons. The highest BCUT2D eigenvalue weighted by Gasteiger charge is 2.21. The highest BCUT2D eigenvalue weighted by atomic mass is 16.4. The smallest absolute Gasteiger partial charge is 0.310 e. The zero-order valence-electron chi connectivity index (χ0n) is 6.72. The molecule has 0 aliphatic rings. The Labute approximate surface area is 61.6 Å². The Bertz CT molecular complexity index is 133. The number of hydrogen-bond donors (Lipinski definition) is 1. The van der Waals surface area contributed by atoms with Gasteiger partial charge in [-0.3, -0.25) is 4.79 Å². The van der Waals surface area contributed by atoms with Crippen molar-refractivity contribution in [1.29, 1.82) is 0 Å². The first-order valence-corrected chi connectivity index (χ1v) is 3.35. The molecular formula is C8H14O2. The third-order valence-corrected chi connectivity index (χ3v) is 1.46. The Morgan fingerprint density at radius 2 is 1.90 bits per heavy atom. The second-order valence-corrected chi connectivity index (χ2v) is 2.91. The van der Waals surface area contributed by atoms with Gasteiger partial charge in [0, 0.05) is 0 Å². The molecule has 1 N–H and O–H groups in total. The van der Waals surface area contributed by atoms with Crippen molar-refractivity contribution in [3.8, 4) is 0 Å². The summed E-state index contributed by atoms with van der Waals surface area (Å²) in [5.41, 5.74) is 0.725. The van der Waals surface area contributed by atoms with Crippen LogP contribution in [-0.4, -0.2) is 11.1 Å². The highest BCUT2D eigenvalue weighted by Crippen LogP contribution is 2.18. The molecule has 58 valence electrons. The fourth-order valence-corrected chi connectivity index (χ4v) is 1.06. The van der Waals surface area contributed by atoms with Crippen molar-refractivity contribution in [3.63, 3.8) is 0 Å². The van der Waals surface area contributed by atoms with Crippen LogP contribution in [0.5, 0.6) is 0 Å². The molecule has 0 saturated heterocycles. The lowest BCUT2D eigenvalue weighted by Gasteiger charge is -2.15. The molecular weight excluding hydrogens is 128 g/mol. The minimum Gasteiger partial charge on any atom is -0.481 e. The molecule has 0 aliphatic heterocycles. The van der Waals surface area contributed by atoms with Crippen molar-refractivity contribution in [3.05, 3.63) is 12.2 Å². The first-order valence-electron chi connectivity index (χ1n) is 3.35. The summed E-state index contributed by atoms with van der Waals surface area (Å²) in [5.74, 6) is -1.03. The maximum Gasteiger partial charge on any atom is 0.310 e. The predicted octanol–water partition coefficient (Wildman–Crippen LogP) is 1.92. The lowest BCUT2D eigenvalue weighted by molar-refractivity contribution is -0.141. The van der Waals surface area contributed by atoms with Crippen LogP contribution in [0.3, 0.4) is 0 Å². The summed E-state index contributed by atoms with van der Waals surface area (Å²) in [6.07, 6.45) is 0. The van der Waals surface area contributed by atoms with Crippen molar-refractivity contribution < 1.29 is 9.90 Å². The minimum atomic E-state index is -0.775. The molecule has 2 nitrogen and oxygen atoms in total. The van der Waals surface area contributed by atoms with E-state index in [0.717, 1.165) is 5.57 Å². The molecule has 1 atom stereocenters. The largest absolute Gasteiger partial charge is 0.481 e. The van der Waals surface area contributed by atoms with Gasteiger partial charge >= 0.3 is 5.97 Å². The van der Waals surface area contributed by atoms with Gasteiger partial charge in [-0.25, -0.2) is 0 Å². The summed E-state index contributed by atoms with van der Waals surface area (Å²) in [6.45, 7) is 9.13. The second kappa shape index (κ2) is 3.40. The summed E-state index contributed by atoms with van der Waals surface area (Å²) >= 11 is 0. The maximum absolute atomic E-state index is 10.5. The molecule has 10 heavy (non-hydrogen) atoms.